The van der Waals surface area contributed by atoms with E-state index in [1.165, 1.54) is 5.56 Å². The lowest BCUT2D eigenvalue weighted by atomic mass is 10.2. The van der Waals surface area contributed by atoms with E-state index in [1.807, 2.05) is 25.2 Å². The van der Waals surface area contributed by atoms with Crippen molar-refractivity contribution in [3.05, 3.63) is 35.9 Å². The fourth-order valence-corrected chi connectivity index (χ4v) is 1.18. The molecule has 0 aliphatic carbocycles. The molecule has 0 aromatic heterocycles. The van der Waals surface area contributed by atoms with Gasteiger partial charge in [0.05, 0.1) is 6.61 Å². The zero-order valence-corrected chi connectivity index (χ0v) is 10.4. The molecule has 0 saturated heterocycles. The zero-order valence-electron chi connectivity index (χ0n) is 8.76. The van der Waals surface area contributed by atoms with Gasteiger partial charge < -0.3 is 4.84 Å². The predicted octanol–water partition coefficient (Wildman–Crippen LogP) is 1.85. The molecule has 0 saturated carbocycles. The van der Waals surface area contributed by atoms with Crippen LogP contribution in [0.1, 0.15) is 5.56 Å². The van der Waals surface area contributed by atoms with Crippen LogP contribution < -0.4 is 5.90 Å². The summed E-state index contributed by atoms with van der Waals surface area (Å²) in [5, 5.41) is 0. The van der Waals surface area contributed by atoms with Gasteiger partial charge in [-0.25, -0.2) is 5.90 Å². The monoisotopic (exact) mass is 252 g/mol. The largest absolute Gasteiger partial charge is 0.303 e. The van der Waals surface area contributed by atoms with Crippen LogP contribution in [0, 0.1) is 0 Å². The molecule has 0 fully saturated rings. The first-order valence-electron chi connectivity index (χ1n) is 4.37. The number of benzene rings is 1. The number of rotatable bonds is 5. The normalized spacial score (nSPS) is 9.27. The number of halogens is 2. The molecule has 1 rings (SSSR count). The van der Waals surface area contributed by atoms with Gasteiger partial charge in [-0.05, 0) is 12.6 Å². The highest BCUT2D eigenvalue weighted by atomic mass is 35.5. The smallest absolute Gasteiger partial charge is 0.0806 e. The van der Waals surface area contributed by atoms with Crippen LogP contribution in [0.5, 0.6) is 0 Å². The second-order valence-corrected chi connectivity index (χ2v) is 3.09. The summed E-state index contributed by atoms with van der Waals surface area (Å²) in [6.45, 7) is 2.36. The maximum atomic E-state index is 4.94. The Hall–Kier alpha value is -0.320. The Labute approximate surface area is 103 Å². The lowest BCUT2D eigenvalue weighted by molar-refractivity contribution is 0.112. The first kappa shape index (κ1) is 17.1. The highest BCUT2D eigenvalue weighted by Crippen LogP contribution is 2.01. The van der Waals surface area contributed by atoms with Crippen molar-refractivity contribution in [2.24, 2.45) is 5.90 Å². The molecule has 88 valence electrons. The molecule has 0 bridgehead atoms. The Balaban J connectivity index is 0. The summed E-state index contributed by atoms with van der Waals surface area (Å²) in [6, 6.07) is 10.3. The minimum atomic E-state index is 0. The van der Waals surface area contributed by atoms with Crippen LogP contribution in [0.15, 0.2) is 30.3 Å². The van der Waals surface area contributed by atoms with Crippen molar-refractivity contribution in [3.8, 4) is 0 Å². The van der Waals surface area contributed by atoms with Gasteiger partial charge in [0, 0.05) is 13.1 Å². The third-order valence-electron chi connectivity index (χ3n) is 1.89. The van der Waals surface area contributed by atoms with Crippen molar-refractivity contribution in [2.75, 3.05) is 20.2 Å². The van der Waals surface area contributed by atoms with Crippen LogP contribution in [0.25, 0.3) is 0 Å². The molecule has 5 heteroatoms. The SMILES string of the molecule is CN(CCON)Cc1ccccc1.Cl.Cl. The van der Waals surface area contributed by atoms with Crippen LogP contribution in [-0.4, -0.2) is 25.1 Å². The lowest BCUT2D eigenvalue weighted by Gasteiger charge is -2.15. The van der Waals surface area contributed by atoms with Crippen molar-refractivity contribution in [3.63, 3.8) is 0 Å². The Morgan fingerprint density at radius 1 is 1.20 bits per heavy atom. The Kier molecular flexibility index (Phi) is 11.6. The molecular weight excluding hydrogens is 235 g/mol. The van der Waals surface area contributed by atoms with E-state index in [2.05, 4.69) is 21.9 Å². The number of likely N-dealkylation sites (N-methyl/N-ethyl adjacent to an activating group) is 1. The van der Waals surface area contributed by atoms with Gasteiger partial charge in [0.25, 0.3) is 0 Å². The fourth-order valence-electron chi connectivity index (χ4n) is 1.18. The maximum absolute atomic E-state index is 4.94. The van der Waals surface area contributed by atoms with Crippen molar-refractivity contribution >= 4 is 24.8 Å². The number of nitrogens with two attached hydrogens (primary N) is 1. The van der Waals surface area contributed by atoms with Gasteiger partial charge in [-0.3, -0.25) is 4.90 Å². The van der Waals surface area contributed by atoms with E-state index in [4.69, 9.17) is 5.90 Å². The van der Waals surface area contributed by atoms with E-state index < -0.39 is 0 Å². The molecule has 0 unspecified atom stereocenters. The molecule has 0 atom stereocenters. The van der Waals surface area contributed by atoms with E-state index in [0.717, 1.165) is 13.1 Å². The molecule has 1 aromatic rings. The minimum absolute atomic E-state index is 0. The van der Waals surface area contributed by atoms with Gasteiger partial charge in [-0.15, -0.1) is 24.8 Å². The zero-order chi connectivity index (χ0) is 9.52. The molecule has 2 N–H and O–H groups in total. The van der Waals surface area contributed by atoms with E-state index in [9.17, 15) is 0 Å². The summed E-state index contributed by atoms with van der Waals surface area (Å²) in [5.41, 5.74) is 1.31. The minimum Gasteiger partial charge on any atom is -0.303 e. The summed E-state index contributed by atoms with van der Waals surface area (Å²) < 4.78 is 0. The summed E-state index contributed by atoms with van der Waals surface area (Å²) >= 11 is 0. The number of nitrogens with zero attached hydrogens (tertiary/aromatic N) is 1. The van der Waals surface area contributed by atoms with Crippen LogP contribution >= 0.6 is 24.8 Å². The van der Waals surface area contributed by atoms with E-state index >= 15 is 0 Å². The predicted molar refractivity (Wildman–Crippen MR) is 67.4 cm³/mol. The summed E-state index contributed by atoms with van der Waals surface area (Å²) in [4.78, 5) is 6.68. The van der Waals surface area contributed by atoms with Crippen molar-refractivity contribution < 1.29 is 4.84 Å². The molecular formula is C10H18Cl2N2O. The standard InChI is InChI=1S/C10H16N2O.2ClH/c1-12(7-8-13-11)9-10-5-3-2-4-6-10;;/h2-6H,7-9,11H2,1H3;2*1H. The average Bonchev–Trinajstić information content (AvgIpc) is 2.16. The topological polar surface area (TPSA) is 38.5 Å². The second kappa shape index (κ2) is 10.2. The summed E-state index contributed by atoms with van der Waals surface area (Å²) in [5.74, 6) is 4.94. The van der Waals surface area contributed by atoms with E-state index in [-0.39, 0.29) is 24.8 Å². The third kappa shape index (κ3) is 7.59. The van der Waals surface area contributed by atoms with Crippen LogP contribution in [-0.2, 0) is 11.4 Å². The van der Waals surface area contributed by atoms with Gasteiger partial charge in [0.15, 0.2) is 0 Å². The van der Waals surface area contributed by atoms with Crippen LogP contribution in [0.4, 0.5) is 0 Å². The second-order valence-electron chi connectivity index (χ2n) is 3.09. The quantitative estimate of drug-likeness (QED) is 0.814. The van der Waals surface area contributed by atoms with E-state index in [0.29, 0.717) is 6.61 Å². The van der Waals surface area contributed by atoms with E-state index in [1.54, 1.807) is 0 Å². The molecule has 15 heavy (non-hydrogen) atoms. The molecule has 3 nitrogen and oxygen atoms in total. The van der Waals surface area contributed by atoms with Crippen LogP contribution in [0.2, 0.25) is 0 Å². The third-order valence-corrected chi connectivity index (χ3v) is 1.89. The fraction of sp³-hybridized carbons (Fsp3) is 0.400. The molecule has 0 amide bonds. The molecule has 0 aliphatic rings. The van der Waals surface area contributed by atoms with Gasteiger partial charge in [-0.2, -0.15) is 0 Å². The molecule has 0 spiro atoms. The number of hydrogen-bond acceptors (Lipinski definition) is 3. The first-order valence-corrected chi connectivity index (χ1v) is 4.37. The molecule has 1 aromatic carbocycles. The van der Waals surface area contributed by atoms with Crippen molar-refractivity contribution in [1.29, 1.82) is 0 Å². The molecule has 0 aliphatic heterocycles. The summed E-state index contributed by atoms with van der Waals surface area (Å²) in [6.07, 6.45) is 0. The van der Waals surface area contributed by atoms with Crippen molar-refractivity contribution in [2.45, 2.75) is 6.54 Å². The number of hydrogen-bond donors (Lipinski definition) is 1. The van der Waals surface area contributed by atoms with Gasteiger partial charge in [0.1, 0.15) is 0 Å². The van der Waals surface area contributed by atoms with Crippen molar-refractivity contribution in [1.82, 2.24) is 4.90 Å². The van der Waals surface area contributed by atoms with Crippen LogP contribution in [0.3, 0.4) is 0 Å². The maximum Gasteiger partial charge on any atom is 0.0806 e. The van der Waals surface area contributed by atoms with Gasteiger partial charge in [-0.1, -0.05) is 30.3 Å². The Bertz CT molecular complexity index is 234. The Morgan fingerprint density at radius 3 is 2.33 bits per heavy atom. The highest BCUT2D eigenvalue weighted by molar-refractivity contribution is 5.85. The summed E-state index contributed by atoms with van der Waals surface area (Å²) in [7, 11) is 2.05. The highest BCUT2D eigenvalue weighted by Gasteiger charge is 1.98. The average molecular weight is 253 g/mol. The molecule has 0 radical (unpaired) electrons. The Morgan fingerprint density at radius 2 is 1.80 bits per heavy atom. The van der Waals surface area contributed by atoms with Gasteiger partial charge in [0.2, 0.25) is 0 Å². The first-order chi connectivity index (χ1) is 6.33. The molecule has 0 heterocycles. The van der Waals surface area contributed by atoms with Gasteiger partial charge >= 0.3 is 0 Å². The lowest BCUT2D eigenvalue weighted by Crippen LogP contribution is -2.23.